The molecule has 320 valence electrons. The summed E-state index contributed by atoms with van der Waals surface area (Å²) in [6, 6.07) is 79.8. The van der Waals surface area contributed by atoms with E-state index >= 15 is 0 Å². The van der Waals surface area contributed by atoms with Crippen LogP contribution in [-0.4, -0.2) is 24.1 Å². The molecule has 15 aromatic rings. The molecule has 0 aliphatic heterocycles. The molecule has 0 aliphatic rings. The SMILES string of the molecule is c1ccc(-n2c3ccccc3c3cccc(-c4nc(-c5cccc6ccccc56)nc(-c5cc(-n6c7cc8ccccc8cc7c7ccc8ccccc8c76)cc6c5oc5ccccc56)n4)c32)cc1. The normalized spacial score (nSPS) is 12.1. The number of furan rings is 1. The minimum atomic E-state index is 0.518. The second-order valence-electron chi connectivity index (χ2n) is 17.9. The molecule has 4 aromatic heterocycles. The molecular weight excluding hydrogens is 843 g/mol. The fourth-order valence-electron chi connectivity index (χ4n) is 11.0. The van der Waals surface area contributed by atoms with Crippen molar-refractivity contribution >= 4 is 97.9 Å². The lowest BCUT2D eigenvalue weighted by Gasteiger charge is -2.15. The van der Waals surface area contributed by atoms with E-state index in [2.05, 4.69) is 221 Å². The van der Waals surface area contributed by atoms with E-state index in [0.717, 1.165) is 88.0 Å². The second-order valence-corrected chi connectivity index (χ2v) is 17.9. The van der Waals surface area contributed by atoms with Crippen LogP contribution >= 0.6 is 0 Å². The lowest BCUT2D eigenvalue weighted by Crippen LogP contribution is -2.03. The molecule has 0 atom stereocenters. The van der Waals surface area contributed by atoms with E-state index < -0.39 is 0 Å². The summed E-state index contributed by atoms with van der Waals surface area (Å²) in [5, 5.41) is 13.6. The van der Waals surface area contributed by atoms with Gasteiger partial charge < -0.3 is 13.6 Å². The Kier molecular flexibility index (Phi) is 7.97. The van der Waals surface area contributed by atoms with Crippen molar-refractivity contribution in [2.75, 3.05) is 0 Å². The van der Waals surface area contributed by atoms with Crippen LogP contribution in [0.2, 0.25) is 0 Å². The minimum Gasteiger partial charge on any atom is -0.455 e. The van der Waals surface area contributed by atoms with Crippen LogP contribution in [0.1, 0.15) is 0 Å². The van der Waals surface area contributed by atoms with Crippen molar-refractivity contribution < 1.29 is 4.42 Å². The van der Waals surface area contributed by atoms with E-state index in [4.69, 9.17) is 19.4 Å². The molecule has 0 saturated heterocycles. The minimum absolute atomic E-state index is 0.518. The van der Waals surface area contributed by atoms with Gasteiger partial charge in [0.05, 0.1) is 27.6 Å². The zero-order chi connectivity index (χ0) is 45.2. The van der Waals surface area contributed by atoms with Crippen LogP contribution in [0.25, 0.3) is 143 Å². The molecule has 15 rings (SSSR count). The standard InChI is InChI=1S/C63H37N5O/c1-2-21-42(22-3-1)67-55-30-12-10-25-46(55)48-27-15-29-51(59(48)67)62-64-61(50-28-14-20-38-16-6-8-23-44(38)50)65-63(66-62)54-37-43(36-53-47-26-11-13-31-57(47)69-60(53)54)68-56-35-41-19-5-4-18-40(41)34-52(56)49-33-32-39-17-7-9-24-45(39)58(49)68/h1-37H. The van der Waals surface area contributed by atoms with Crippen LogP contribution in [0, 0.1) is 0 Å². The smallest absolute Gasteiger partial charge is 0.167 e. The van der Waals surface area contributed by atoms with Gasteiger partial charge in [-0.05, 0) is 81.5 Å². The van der Waals surface area contributed by atoms with Crippen LogP contribution in [-0.2, 0) is 0 Å². The predicted molar refractivity (Wildman–Crippen MR) is 285 cm³/mol. The maximum atomic E-state index is 6.95. The third-order valence-electron chi connectivity index (χ3n) is 14.1. The molecular formula is C63H37N5O. The number of nitrogens with zero attached hydrogens (tertiary/aromatic N) is 5. The third kappa shape index (κ3) is 5.63. The predicted octanol–water partition coefficient (Wildman–Crippen LogP) is 16.4. The molecule has 0 N–H and O–H groups in total. The van der Waals surface area contributed by atoms with Gasteiger partial charge in [-0.1, -0.05) is 170 Å². The van der Waals surface area contributed by atoms with Crippen LogP contribution in [0.5, 0.6) is 0 Å². The molecule has 0 aliphatic carbocycles. The molecule has 0 amide bonds. The van der Waals surface area contributed by atoms with Gasteiger partial charge >= 0.3 is 0 Å². The number of benzene rings is 11. The second kappa shape index (κ2) is 14.6. The van der Waals surface area contributed by atoms with E-state index in [1.807, 2.05) is 12.1 Å². The number of para-hydroxylation sites is 4. The summed E-state index contributed by atoms with van der Waals surface area (Å²) in [7, 11) is 0. The molecule has 0 unspecified atom stereocenters. The monoisotopic (exact) mass is 879 g/mol. The number of fused-ring (bicyclic) bond motifs is 13. The summed E-state index contributed by atoms with van der Waals surface area (Å²) in [4.78, 5) is 16.6. The van der Waals surface area contributed by atoms with Crippen LogP contribution in [0.15, 0.2) is 229 Å². The fourth-order valence-corrected chi connectivity index (χ4v) is 11.0. The quantitative estimate of drug-likeness (QED) is 0.173. The van der Waals surface area contributed by atoms with Gasteiger partial charge in [0.1, 0.15) is 11.2 Å². The topological polar surface area (TPSA) is 61.7 Å². The summed E-state index contributed by atoms with van der Waals surface area (Å²) >= 11 is 0. The fraction of sp³-hybridized carbons (Fsp3) is 0. The van der Waals surface area contributed by atoms with E-state index in [-0.39, 0.29) is 0 Å². The first-order valence-corrected chi connectivity index (χ1v) is 23.3. The molecule has 0 spiro atoms. The van der Waals surface area contributed by atoms with Crippen molar-refractivity contribution in [2.45, 2.75) is 0 Å². The molecule has 0 bridgehead atoms. The van der Waals surface area contributed by atoms with E-state index in [9.17, 15) is 0 Å². The highest BCUT2D eigenvalue weighted by Crippen LogP contribution is 2.44. The van der Waals surface area contributed by atoms with Crippen molar-refractivity contribution in [3.63, 3.8) is 0 Å². The summed E-state index contributed by atoms with van der Waals surface area (Å²) in [5.74, 6) is 1.66. The summed E-state index contributed by atoms with van der Waals surface area (Å²) in [6.45, 7) is 0. The van der Waals surface area contributed by atoms with Crippen molar-refractivity contribution in [1.29, 1.82) is 0 Å². The Bertz CT molecular complexity index is 4610. The van der Waals surface area contributed by atoms with Gasteiger partial charge in [0, 0.05) is 60.2 Å². The van der Waals surface area contributed by atoms with Gasteiger partial charge in [-0.3, -0.25) is 0 Å². The van der Waals surface area contributed by atoms with E-state index in [0.29, 0.717) is 23.1 Å². The van der Waals surface area contributed by atoms with E-state index in [1.54, 1.807) is 0 Å². The van der Waals surface area contributed by atoms with Crippen LogP contribution < -0.4 is 0 Å². The number of aromatic nitrogens is 5. The van der Waals surface area contributed by atoms with Gasteiger partial charge in [-0.25, -0.2) is 15.0 Å². The molecule has 6 heteroatoms. The Balaban J connectivity index is 1.09. The highest BCUT2D eigenvalue weighted by molar-refractivity contribution is 6.21. The molecule has 0 fully saturated rings. The van der Waals surface area contributed by atoms with Crippen molar-refractivity contribution in [3.8, 4) is 45.5 Å². The van der Waals surface area contributed by atoms with Crippen LogP contribution in [0.4, 0.5) is 0 Å². The highest BCUT2D eigenvalue weighted by atomic mass is 16.3. The van der Waals surface area contributed by atoms with Gasteiger partial charge in [0.2, 0.25) is 0 Å². The van der Waals surface area contributed by atoms with Crippen molar-refractivity contribution in [1.82, 2.24) is 24.1 Å². The highest BCUT2D eigenvalue weighted by Gasteiger charge is 2.25. The molecule has 0 radical (unpaired) electrons. The van der Waals surface area contributed by atoms with Gasteiger partial charge in [-0.2, -0.15) is 0 Å². The van der Waals surface area contributed by atoms with Gasteiger partial charge in [-0.15, -0.1) is 0 Å². The number of rotatable bonds is 5. The Morgan fingerprint density at radius 3 is 1.68 bits per heavy atom. The largest absolute Gasteiger partial charge is 0.455 e. The molecule has 4 heterocycles. The first-order valence-electron chi connectivity index (χ1n) is 23.3. The Hall–Kier alpha value is -9.39. The Labute approximate surface area is 394 Å². The lowest BCUT2D eigenvalue weighted by molar-refractivity contribution is 0.669. The van der Waals surface area contributed by atoms with Crippen LogP contribution in [0.3, 0.4) is 0 Å². The first kappa shape index (κ1) is 37.8. The average Bonchev–Trinajstić information content (AvgIpc) is 4.07. The van der Waals surface area contributed by atoms with E-state index in [1.165, 1.54) is 32.3 Å². The number of hydrogen-bond donors (Lipinski definition) is 0. The Morgan fingerprint density at radius 1 is 0.290 bits per heavy atom. The summed E-state index contributed by atoms with van der Waals surface area (Å²) < 4.78 is 11.7. The molecule has 69 heavy (non-hydrogen) atoms. The zero-order valence-electron chi connectivity index (χ0n) is 37.0. The third-order valence-corrected chi connectivity index (χ3v) is 14.1. The van der Waals surface area contributed by atoms with Gasteiger partial charge in [0.25, 0.3) is 0 Å². The van der Waals surface area contributed by atoms with Crippen molar-refractivity contribution in [2.24, 2.45) is 0 Å². The summed E-state index contributed by atoms with van der Waals surface area (Å²) in [6.07, 6.45) is 0. The molecule has 11 aromatic carbocycles. The average molecular weight is 880 g/mol. The zero-order valence-corrected chi connectivity index (χ0v) is 37.0. The Morgan fingerprint density at radius 2 is 0.855 bits per heavy atom. The first-order chi connectivity index (χ1) is 34.2. The lowest BCUT2D eigenvalue weighted by atomic mass is 10.0. The summed E-state index contributed by atoms with van der Waals surface area (Å²) in [5.41, 5.74) is 10.5. The maximum Gasteiger partial charge on any atom is 0.167 e. The van der Waals surface area contributed by atoms with Crippen molar-refractivity contribution in [3.05, 3.63) is 224 Å². The maximum absolute atomic E-state index is 6.95. The molecule has 6 nitrogen and oxygen atoms in total. The van der Waals surface area contributed by atoms with Gasteiger partial charge in [0.15, 0.2) is 17.5 Å². The number of hydrogen-bond acceptors (Lipinski definition) is 4. The molecule has 0 saturated carbocycles.